The fraction of sp³-hybridized carbons (Fsp3) is 0.300. The number of hydrogen-bond donors (Lipinski definition) is 0. The van der Waals surface area contributed by atoms with Gasteiger partial charge in [-0.3, -0.25) is 0 Å². The summed E-state index contributed by atoms with van der Waals surface area (Å²) in [6, 6.07) is 8.11. The lowest BCUT2D eigenvalue weighted by atomic mass is 10.1. The van der Waals surface area contributed by atoms with E-state index in [4.69, 9.17) is 23.8 Å². The number of nitrogens with zero attached hydrogens (tertiary/aromatic N) is 1. The van der Waals surface area contributed by atoms with Crippen LogP contribution in [-0.2, 0) is 6.42 Å². The van der Waals surface area contributed by atoms with Gasteiger partial charge in [-0.1, -0.05) is 36.7 Å². The van der Waals surface area contributed by atoms with Gasteiger partial charge in [-0.2, -0.15) is 0 Å². The van der Waals surface area contributed by atoms with E-state index in [1.165, 1.54) is 5.56 Å². The predicted molar refractivity (Wildman–Crippen MR) is 62.7 cm³/mol. The molecule has 13 heavy (non-hydrogen) atoms. The van der Waals surface area contributed by atoms with Gasteiger partial charge in [0.05, 0.1) is 0 Å². The Morgan fingerprint density at radius 2 is 2.08 bits per heavy atom. The molecule has 0 aliphatic heterocycles. The van der Waals surface area contributed by atoms with Gasteiger partial charge in [-0.25, -0.2) is 0 Å². The summed E-state index contributed by atoms with van der Waals surface area (Å²) in [5, 5.41) is 0. The maximum absolute atomic E-state index is 5.75. The molecule has 0 N–H and O–H groups in total. The minimum atomic E-state index is 0.376. The predicted octanol–water partition coefficient (Wildman–Crippen LogP) is 3.21. The molecule has 1 aromatic carbocycles. The molecule has 3 heteroatoms. The topological polar surface area (TPSA) is 3.24 Å². The van der Waals surface area contributed by atoms with E-state index in [0.29, 0.717) is 4.45 Å². The van der Waals surface area contributed by atoms with E-state index >= 15 is 0 Å². The standard InChI is InChI=1S/C10H12ClNS/c1-3-8-6-4-5-7-9(8)12(2)10(11)13/h4-7H,3H2,1-2H3. The normalized spacial score (nSPS) is 9.77. The van der Waals surface area contributed by atoms with Gasteiger partial charge in [0.2, 0.25) is 0 Å². The van der Waals surface area contributed by atoms with Crippen LogP contribution in [0.25, 0.3) is 0 Å². The van der Waals surface area contributed by atoms with Crippen molar-refractivity contribution in [3.05, 3.63) is 29.8 Å². The molecule has 0 heterocycles. The molecule has 0 amide bonds. The molecule has 0 aromatic heterocycles. The minimum absolute atomic E-state index is 0.376. The summed E-state index contributed by atoms with van der Waals surface area (Å²) in [6.45, 7) is 2.12. The highest BCUT2D eigenvalue weighted by Crippen LogP contribution is 2.20. The Labute approximate surface area is 89.3 Å². The van der Waals surface area contributed by atoms with Crippen LogP contribution in [0.4, 0.5) is 5.69 Å². The van der Waals surface area contributed by atoms with Crippen LogP contribution < -0.4 is 4.90 Å². The van der Waals surface area contributed by atoms with Crippen molar-refractivity contribution < 1.29 is 0 Å². The lowest BCUT2D eigenvalue weighted by Crippen LogP contribution is -2.20. The Morgan fingerprint density at radius 3 is 2.62 bits per heavy atom. The Hall–Kier alpha value is -0.600. The summed E-state index contributed by atoms with van der Waals surface area (Å²) in [5.74, 6) is 0. The number of rotatable bonds is 2. The van der Waals surface area contributed by atoms with Crippen molar-refractivity contribution >= 4 is 34.0 Å². The molecule has 0 spiro atoms. The van der Waals surface area contributed by atoms with Crippen LogP contribution in [0, 0.1) is 0 Å². The summed E-state index contributed by atoms with van der Waals surface area (Å²) in [4.78, 5) is 1.82. The van der Waals surface area contributed by atoms with Crippen molar-refractivity contribution in [3.63, 3.8) is 0 Å². The smallest absolute Gasteiger partial charge is 0.174 e. The molecule has 0 unspecified atom stereocenters. The summed E-state index contributed by atoms with van der Waals surface area (Å²) >= 11 is 10.6. The maximum Gasteiger partial charge on any atom is 0.174 e. The molecule has 0 aliphatic rings. The Balaban J connectivity index is 3.05. The first-order valence-corrected chi connectivity index (χ1v) is 4.96. The molecule has 1 nitrogen and oxygen atoms in total. The van der Waals surface area contributed by atoms with E-state index in [9.17, 15) is 0 Å². The molecular weight excluding hydrogens is 202 g/mol. The third-order valence-electron chi connectivity index (χ3n) is 2.00. The highest BCUT2D eigenvalue weighted by molar-refractivity contribution is 7.83. The summed E-state index contributed by atoms with van der Waals surface area (Å²) in [6.07, 6.45) is 0.986. The van der Waals surface area contributed by atoms with Crippen molar-refractivity contribution in [2.45, 2.75) is 13.3 Å². The number of para-hydroxylation sites is 1. The largest absolute Gasteiger partial charge is 0.326 e. The lowest BCUT2D eigenvalue weighted by molar-refractivity contribution is 1.11. The van der Waals surface area contributed by atoms with Gasteiger partial charge in [0.15, 0.2) is 4.45 Å². The Bertz CT molecular complexity index is 312. The Morgan fingerprint density at radius 1 is 1.46 bits per heavy atom. The molecule has 0 atom stereocenters. The molecule has 0 saturated carbocycles. The van der Waals surface area contributed by atoms with E-state index in [1.54, 1.807) is 0 Å². The maximum atomic E-state index is 5.75. The molecule has 0 aliphatic carbocycles. The van der Waals surface area contributed by atoms with E-state index < -0.39 is 0 Å². The highest BCUT2D eigenvalue weighted by Gasteiger charge is 2.07. The van der Waals surface area contributed by atoms with Crippen molar-refractivity contribution in [1.29, 1.82) is 0 Å². The number of thiocarbonyl (C=S) groups is 1. The van der Waals surface area contributed by atoms with E-state index in [-0.39, 0.29) is 0 Å². The van der Waals surface area contributed by atoms with Crippen LogP contribution in [0.3, 0.4) is 0 Å². The van der Waals surface area contributed by atoms with Crippen molar-refractivity contribution in [2.24, 2.45) is 0 Å². The van der Waals surface area contributed by atoms with Crippen molar-refractivity contribution in [2.75, 3.05) is 11.9 Å². The third kappa shape index (κ3) is 2.42. The second-order valence-electron chi connectivity index (χ2n) is 2.79. The Kier molecular flexibility index (Phi) is 3.70. The zero-order valence-corrected chi connectivity index (χ0v) is 9.32. The molecule has 1 rings (SSSR count). The van der Waals surface area contributed by atoms with Crippen LogP contribution in [0.5, 0.6) is 0 Å². The van der Waals surface area contributed by atoms with Crippen LogP contribution in [0.15, 0.2) is 24.3 Å². The number of hydrogen-bond acceptors (Lipinski definition) is 1. The van der Waals surface area contributed by atoms with Crippen molar-refractivity contribution in [1.82, 2.24) is 0 Å². The van der Waals surface area contributed by atoms with Crippen LogP contribution in [0.2, 0.25) is 0 Å². The molecule has 0 fully saturated rings. The lowest BCUT2D eigenvalue weighted by Gasteiger charge is -2.18. The first kappa shape index (κ1) is 10.5. The summed E-state index contributed by atoms with van der Waals surface area (Å²) < 4.78 is 0.376. The van der Waals surface area contributed by atoms with Gasteiger partial charge < -0.3 is 4.90 Å². The van der Waals surface area contributed by atoms with Crippen LogP contribution in [0.1, 0.15) is 12.5 Å². The first-order valence-electron chi connectivity index (χ1n) is 4.18. The third-order valence-corrected chi connectivity index (χ3v) is 2.52. The van der Waals surface area contributed by atoms with Gasteiger partial charge in [0, 0.05) is 12.7 Å². The monoisotopic (exact) mass is 213 g/mol. The second kappa shape index (κ2) is 4.58. The van der Waals surface area contributed by atoms with Crippen LogP contribution in [-0.4, -0.2) is 11.5 Å². The zero-order chi connectivity index (χ0) is 9.84. The summed E-state index contributed by atoms with van der Waals surface area (Å²) in [7, 11) is 1.88. The molecule has 0 bridgehead atoms. The fourth-order valence-electron chi connectivity index (χ4n) is 1.23. The molecular formula is C10H12ClNS. The summed E-state index contributed by atoms with van der Waals surface area (Å²) in [5.41, 5.74) is 2.35. The highest BCUT2D eigenvalue weighted by atomic mass is 35.5. The molecule has 1 aromatic rings. The fourth-order valence-corrected chi connectivity index (χ4v) is 1.42. The van der Waals surface area contributed by atoms with Gasteiger partial charge in [-0.15, -0.1) is 0 Å². The molecule has 0 radical (unpaired) electrons. The molecule has 0 saturated heterocycles. The van der Waals surface area contributed by atoms with Gasteiger partial charge >= 0.3 is 0 Å². The molecule has 70 valence electrons. The minimum Gasteiger partial charge on any atom is -0.326 e. The van der Waals surface area contributed by atoms with E-state index in [2.05, 4.69) is 13.0 Å². The SMILES string of the molecule is CCc1ccccc1N(C)C(=S)Cl. The van der Waals surface area contributed by atoms with E-state index in [0.717, 1.165) is 12.1 Å². The average molecular weight is 214 g/mol. The van der Waals surface area contributed by atoms with Gasteiger partial charge in [0.1, 0.15) is 0 Å². The van der Waals surface area contributed by atoms with E-state index in [1.807, 2.05) is 30.1 Å². The zero-order valence-electron chi connectivity index (χ0n) is 7.75. The number of halogens is 1. The number of benzene rings is 1. The van der Waals surface area contributed by atoms with Gasteiger partial charge in [0.25, 0.3) is 0 Å². The van der Waals surface area contributed by atoms with Crippen LogP contribution >= 0.6 is 23.8 Å². The van der Waals surface area contributed by atoms with Gasteiger partial charge in [-0.05, 0) is 30.3 Å². The average Bonchev–Trinajstić information content (AvgIpc) is 2.16. The quantitative estimate of drug-likeness (QED) is 0.422. The number of anilines is 1. The van der Waals surface area contributed by atoms with Crippen molar-refractivity contribution in [3.8, 4) is 0 Å². The second-order valence-corrected chi connectivity index (χ2v) is 3.76. The number of aryl methyl sites for hydroxylation is 1. The first-order chi connectivity index (χ1) is 6.16.